The number of nitrogens with zero attached hydrogens (tertiary/aromatic N) is 1. The summed E-state index contributed by atoms with van der Waals surface area (Å²) in [6.07, 6.45) is 4.08. The monoisotopic (exact) mass is 270 g/mol. The van der Waals surface area contributed by atoms with Crippen LogP contribution in [0.5, 0.6) is 0 Å². The van der Waals surface area contributed by atoms with Gasteiger partial charge in [-0.3, -0.25) is 4.79 Å². The Morgan fingerprint density at radius 2 is 2.33 bits per heavy atom. The van der Waals surface area contributed by atoms with Crippen LogP contribution in [-0.2, 0) is 4.79 Å². The van der Waals surface area contributed by atoms with Crippen molar-refractivity contribution in [3.8, 4) is 0 Å². The van der Waals surface area contributed by atoms with Crippen molar-refractivity contribution in [3.63, 3.8) is 0 Å². The molecule has 1 aromatic heterocycles. The quantitative estimate of drug-likeness (QED) is 0.837. The lowest BCUT2D eigenvalue weighted by molar-refractivity contribution is -0.118. The lowest BCUT2D eigenvalue weighted by Crippen LogP contribution is -2.12. The molecule has 0 aliphatic rings. The van der Waals surface area contributed by atoms with Gasteiger partial charge in [0.1, 0.15) is 4.60 Å². The zero-order chi connectivity index (χ0) is 11.3. The number of hydrogen-bond acceptors (Lipinski definition) is 2. The Balaban J connectivity index is 2.65. The number of primary amides is 1. The molecular weight excluding hydrogens is 256 g/mol. The molecule has 0 fully saturated rings. The van der Waals surface area contributed by atoms with E-state index in [-0.39, 0.29) is 5.91 Å². The first-order chi connectivity index (χ1) is 7.13. The van der Waals surface area contributed by atoms with Gasteiger partial charge in [-0.25, -0.2) is 4.98 Å². The highest BCUT2D eigenvalue weighted by Gasteiger charge is 2.10. The summed E-state index contributed by atoms with van der Waals surface area (Å²) in [5.74, 6) is 0.136. The van der Waals surface area contributed by atoms with Gasteiger partial charge in [-0.05, 0) is 46.3 Å². The fraction of sp³-hybridized carbons (Fsp3) is 0.455. The molecule has 1 amide bonds. The van der Waals surface area contributed by atoms with Crippen molar-refractivity contribution >= 4 is 21.8 Å². The third-order valence-corrected chi connectivity index (χ3v) is 2.92. The van der Waals surface area contributed by atoms with E-state index >= 15 is 0 Å². The van der Waals surface area contributed by atoms with Crippen LogP contribution < -0.4 is 5.73 Å². The molecule has 1 atom stereocenters. The van der Waals surface area contributed by atoms with Gasteiger partial charge in [-0.2, -0.15) is 0 Å². The van der Waals surface area contributed by atoms with Gasteiger partial charge in [0.15, 0.2) is 0 Å². The summed E-state index contributed by atoms with van der Waals surface area (Å²) in [7, 11) is 0. The van der Waals surface area contributed by atoms with E-state index in [4.69, 9.17) is 5.73 Å². The van der Waals surface area contributed by atoms with E-state index in [2.05, 4.69) is 27.8 Å². The van der Waals surface area contributed by atoms with Crippen molar-refractivity contribution in [1.82, 2.24) is 4.98 Å². The fourth-order valence-electron chi connectivity index (χ4n) is 1.55. The van der Waals surface area contributed by atoms with Gasteiger partial charge in [0.25, 0.3) is 0 Å². The molecule has 0 spiro atoms. The van der Waals surface area contributed by atoms with Crippen LogP contribution in [0, 0.1) is 0 Å². The van der Waals surface area contributed by atoms with Crippen molar-refractivity contribution in [2.24, 2.45) is 5.73 Å². The van der Waals surface area contributed by atoms with Crippen molar-refractivity contribution < 1.29 is 4.79 Å². The molecule has 0 saturated carbocycles. The molecule has 1 heterocycles. The van der Waals surface area contributed by atoms with E-state index in [1.807, 2.05) is 18.3 Å². The topological polar surface area (TPSA) is 56.0 Å². The number of rotatable bonds is 5. The second-order valence-electron chi connectivity index (χ2n) is 3.52. The highest BCUT2D eigenvalue weighted by Crippen LogP contribution is 2.24. The minimum Gasteiger partial charge on any atom is -0.370 e. The Labute approximate surface area is 98.2 Å². The number of carbonyl (C=O) groups is 1. The Bertz CT molecular complexity index is 324. The normalized spacial score (nSPS) is 12.4. The molecule has 0 aliphatic heterocycles. The molecule has 0 aliphatic carbocycles. The summed E-state index contributed by atoms with van der Waals surface area (Å²) < 4.78 is 0.830. The molecule has 15 heavy (non-hydrogen) atoms. The molecule has 3 nitrogen and oxygen atoms in total. The molecule has 0 bridgehead atoms. The van der Waals surface area contributed by atoms with Crippen molar-refractivity contribution in [2.75, 3.05) is 0 Å². The van der Waals surface area contributed by atoms with Crippen LogP contribution in [-0.4, -0.2) is 10.9 Å². The molecule has 0 radical (unpaired) electrons. The van der Waals surface area contributed by atoms with Gasteiger partial charge >= 0.3 is 0 Å². The second kappa shape index (κ2) is 5.85. The minimum atomic E-state index is -0.237. The van der Waals surface area contributed by atoms with E-state index < -0.39 is 0 Å². The summed E-state index contributed by atoms with van der Waals surface area (Å²) in [5.41, 5.74) is 6.30. The van der Waals surface area contributed by atoms with Gasteiger partial charge < -0.3 is 5.73 Å². The van der Waals surface area contributed by atoms with Crippen LogP contribution in [0.15, 0.2) is 22.9 Å². The number of pyridine rings is 1. The third kappa shape index (κ3) is 4.00. The number of hydrogen-bond donors (Lipinski definition) is 1. The molecule has 1 aromatic rings. The average Bonchev–Trinajstić information content (AvgIpc) is 2.21. The van der Waals surface area contributed by atoms with E-state index in [0.717, 1.165) is 17.4 Å². The maximum atomic E-state index is 10.7. The fourth-order valence-corrected chi connectivity index (χ4v) is 1.79. The first-order valence-corrected chi connectivity index (χ1v) is 5.82. The van der Waals surface area contributed by atoms with E-state index in [1.165, 1.54) is 5.56 Å². The lowest BCUT2D eigenvalue weighted by atomic mass is 9.93. The first kappa shape index (κ1) is 12.2. The number of aromatic nitrogens is 1. The van der Waals surface area contributed by atoms with E-state index in [0.29, 0.717) is 12.3 Å². The molecule has 0 saturated heterocycles. The molecule has 1 unspecified atom stereocenters. The van der Waals surface area contributed by atoms with E-state index in [1.54, 1.807) is 0 Å². The SMILES string of the molecule is CCC(CCC(N)=O)c1ccc(Br)nc1. The maximum Gasteiger partial charge on any atom is 0.217 e. The summed E-state index contributed by atoms with van der Waals surface area (Å²) >= 11 is 3.29. The summed E-state index contributed by atoms with van der Waals surface area (Å²) in [4.78, 5) is 14.9. The number of carbonyl (C=O) groups excluding carboxylic acids is 1. The zero-order valence-corrected chi connectivity index (χ0v) is 10.3. The largest absolute Gasteiger partial charge is 0.370 e. The lowest BCUT2D eigenvalue weighted by Gasteiger charge is -2.13. The van der Waals surface area contributed by atoms with Gasteiger partial charge in [-0.1, -0.05) is 13.0 Å². The number of amides is 1. The van der Waals surface area contributed by atoms with Crippen molar-refractivity contribution in [1.29, 1.82) is 0 Å². The van der Waals surface area contributed by atoms with E-state index in [9.17, 15) is 4.79 Å². The predicted molar refractivity (Wildman–Crippen MR) is 63.4 cm³/mol. The maximum absolute atomic E-state index is 10.7. The van der Waals surface area contributed by atoms with Gasteiger partial charge in [0.05, 0.1) is 0 Å². The van der Waals surface area contributed by atoms with Crippen molar-refractivity contribution in [2.45, 2.75) is 32.1 Å². The first-order valence-electron chi connectivity index (χ1n) is 5.03. The Morgan fingerprint density at radius 1 is 1.60 bits per heavy atom. The van der Waals surface area contributed by atoms with Crippen LogP contribution >= 0.6 is 15.9 Å². The zero-order valence-electron chi connectivity index (χ0n) is 8.74. The predicted octanol–water partition coefficient (Wildman–Crippen LogP) is 2.60. The Morgan fingerprint density at radius 3 is 2.80 bits per heavy atom. The van der Waals surface area contributed by atoms with Gasteiger partial charge in [0.2, 0.25) is 5.91 Å². The average molecular weight is 271 g/mol. The van der Waals surface area contributed by atoms with Crippen LogP contribution in [0.1, 0.15) is 37.7 Å². The van der Waals surface area contributed by atoms with Crippen LogP contribution in [0.2, 0.25) is 0 Å². The molecule has 4 heteroatoms. The molecule has 82 valence electrons. The Kier molecular flexibility index (Phi) is 4.75. The summed E-state index contributed by atoms with van der Waals surface area (Å²) in [5, 5.41) is 0. The smallest absolute Gasteiger partial charge is 0.217 e. The Hall–Kier alpha value is -0.900. The van der Waals surface area contributed by atoms with Crippen molar-refractivity contribution in [3.05, 3.63) is 28.5 Å². The van der Waals surface area contributed by atoms with Gasteiger partial charge in [-0.15, -0.1) is 0 Å². The highest BCUT2D eigenvalue weighted by molar-refractivity contribution is 9.10. The van der Waals surface area contributed by atoms with Crippen LogP contribution in [0.4, 0.5) is 0 Å². The summed E-state index contributed by atoms with van der Waals surface area (Å²) in [6.45, 7) is 2.10. The molecule has 2 N–H and O–H groups in total. The molecule has 1 rings (SSSR count). The minimum absolute atomic E-state index is 0.237. The standard InChI is InChI=1S/C11H15BrN2O/c1-2-8(4-6-11(13)15)9-3-5-10(12)14-7-9/h3,5,7-8H,2,4,6H2,1H3,(H2,13,15). The molecule has 0 aromatic carbocycles. The number of nitrogens with two attached hydrogens (primary N) is 1. The third-order valence-electron chi connectivity index (χ3n) is 2.45. The summed E-state index contributed by atoms with van der Waals surface area (Å²) in [6, 6.07) is 3.95. The van der Waals surface area contributed by atoms with Crippen LogP contribution in [0.25, 0.3) is 0 Å². The highest BCUT2D eigenvalue weighted by atomic mass is 79.9. The molecular formula is C11H15BrN2O. The number of halogens is 1. The van der Waals surface area contributed by atoms with Crippen LogP contribution in [0.3, 0.4) is 0 Å². The second-order valence-corrected chi connectivity index (χ2v) is 4.34. The van der Waals surface area contributed by atoms with Gasteiger partial charge in [0, 0.05) is 12.6 Å².